The average Bonchev–Trinajstić information content (AvgIpc) is 2.84. The Bertz CT molecular complexity index is 1210. The van der Waals surface area contributed by atoms with Gasteiger partial charge in [0, 0.05) is 30.6 Å². The number of halogens is 2. The molecule has 1 unspecified atom stereocenters. The lowest BCUT2D eigenvalue weighted by molar-refractivity contribution is 0.0708. The van der Waals surface area contributed by atoms with Crippen molar-refractivity contribution < 1.29 is 9.13 Å². The van der Waals surface area contributed by atoms with Gasteiger partial charge in [-0.2, -0.15) is 0 Å². The SMILES string of the molecule is COC1=Cc2ncnc(Nc3ccc(CCc4ccccc4)c(Cl)c3F)c2CC1C1CN(C)C1. The summed E-state index contributed by atoms with van der Waals surface area (Å²) in [5, 5.41) is 3.34. The maximum Gasteiger partial charge on any atom is 0.165 e. The molecule has 1 fully saturated rings. The first kappa shape index (κ1) is 22.8. The summed E-state index contributed by atoms with van der Waals surface area (Å²) < 4.78 is 21.0. The maximum absolute atomic E-state index is 15.3. The molecule has 0 saturated carbocycles. The highest BCUT2D eigenvalue weighted by Gasteiger charge is 2.37. The second-order valence-corrected chi connectivity index (χ2v) is 9.52. The molecule has 0 amide bonds. The molecular formula is C27H28ClFN4O. The standard InChI is InChI=1S/C27H28ClFN4O/c1-33-14-19(15-33)20-12-21-23(13-24(20)34-2)30-16-31-27(21)32-22-11-10-18(25(28)26(22)29)9-8-17-6-4-3-5-7-17/h3-7,10-11,13,16,19-20H,8-9,12,14-15H2,1-2H3,(H,30,31,32). The fraction of sp³-hybridized carbons (Fsp3) is 0.333. The van der Waals surface area contributed by atoms with Gasteiger partial charge in [0.1, 0.15) is 17.9 Å². The molecule has 7 heteroatoms. The van der Waals surface area contributed by atoms with Gasteiger partial charge in [-0.3, -0.25) is 0 Å². The van der Waals surface area contributed by atoms with Crippen LogP contribution in [0.15, 0.2) is 54.6 Å². The monoisotopic (exact) mass is 478 g/mol. The van der Waals surface area contributed by atoms with Crippen molar-refractivity contribution in [2.75, 3.05) is 32.6 Å². The van der Waals surface area contributed by atoms with Gasteiger partial charge in [0.2, 0.25) is 0 Å². The first-order valence-electron chi connectivity index (χ1n) is 11.6. The van der Waals surface area contributed by atoms with Crippen LogP contribution in [0.3, 0.4) is 0 Å². The molecular weight excluding hydrogens is 451 g/mol. The third-order valence-corrected chi connectivity index (χ3v) is 7.29. The summed E-state index contributed by atoms with van der Waals surface area (Å²) >= 11 is 6.44. The molecule has 5 nitrogen and oxygen atoms in total. The van der Waals surface area contributed by atoms with Crippen molar-refractivity contribution in [1.29, 1.82) is 0 Å². The van der Waals surface area contributed by atoms with Crippen LogP contribution in [0.4, 0.5) is 15.9 Å². The fourth-order valence-electron chi connectivity index (χ4n) is 4.96. The second kappa shape index (κ2) is 9.72. The van der Waals surface area contributed by atoms with Crippen molar-refractivity contribution in [1.82, 2.24) is 14.9 Å². The van der Waals surface area contributed by atoms with Crippen LogP contribution in [0.1, 0.15) is 22.4 Å². The maximum atomic E-state index is 15.3. The third-order valence-electron chi connectivity index (χ3n) is 6.89. The molecule has 3 aromatic rings. The largest absolute Gasteiger partial charge is 0.501 e. The van der Waals surface area contributed by atoms with Crippen LogP contribution in [-0.4, -0.2) is 42.1 Å². The van der Waals surface area contributed by atoms with E-state index in [-0.39, 0.29) is 10.9 Å². The van der Waals surface area contributed by atoms with Gasteiger partial charge in [0.25, 0.3) is 0 Å². The number of fused-ring (bicyclic) bond motifs is 1. The second-order valence-electron chi connectivity index (χ2n) is 9.14. The molecule has 2 heterocycles. The Morgan fingerprint density at radius 2 is 1.91 bits per heavy atom. The van der Waals surface area contributed by atoms with Crippen molar-refractivity contribution in [3.63, 3.8) is 0 Å². The van der Waals surface area contributed by atoms with Crippen LogP contribution in [0, 0.1) is 17.7 Å². The molecule has 0 bridgehead atoms. The first-order chi connectivity index (χ1) is 16.5. The lowest BCUT2D eigenvalue weighted by Crippen LogP contribution is -2.48. The Morgan fingerprint density at radius 1 is 1.12 bits per heavy atom. The summed E-state index contributed by atoms with van der Waals surface area (Å²) in [5.41, 5.74) is 4.09. The zero-order valence-electron chi connectivity index (χ0n) is 19.4. The smallest absolute Gasteiger partial charge is 0.165 e. The van der Waals surface area contributed by atoms with Crippen LogP contribution in [0.25, 0.3) is 6.08 Å². The Labute approximate surface area is 204 Å². The van der Waals surface area contributed by atoms with Gasteiger partial charge in [-0.15, -0.1) is 0 Å². The van der Waals surface area contributed by atoms with Gasteiger partial charge < -0.3 is 15.0 Å². The lowest BCUT2D eigenvalue weighted by Gasteiger charge is -2.42. The van der Waals surface area contributed by atoms with E-state index in [4.69, 9.17) is 16.3 Å². The molecule has 1 N–H and O–H groups in total. The van der Waals surface area contributed by atoms with Crippen molar-refractivity contribution in [2.45, 2.75) is 19.3 Å². The van der Waals surface area contributed by atoms with Crippen LogP contribution in [0.5, 0.6) is 0 Å². The number of hydrogen-bond acceptors (Lipinski definition) is 5. The highest BCUT2D eigenvalue weighted by molar-refractivity contribution is 6.31. The molecule has 2 aromatic carbocycles. The Hall–Kier alpha value is -2.96. The summed E-state index contributed by atoms with van der Waals surface area (Å²) in [6.07, 6.45) is 5.71. The van der Waals surface area contributed by atoms with Crippen LogP contribution in [0.2, 0.25) is 5.02 Å². The van der Waals surface area contributed by atoms with E-state index in [0.717, 1.165) is 48.5 Å². The first-order valence-corrected chi connectivity index (χ1v) is 12.0. The summed E-state index contributed by atoms with van der Waals surface area (Å²) in [6.45, 7) is 2.07. The molecule has 1 saturated heterocycles. The Morgan fingerprint density at radius 3 is 2.65 bits per heavy atom. The third kappa shape index (κ3) is 4.52. The molecule has 176 valence electrons. The van der Waals surface area contributed by atoms with E-state index < -0.39 is 5.82 Å². The van der Waals surface area contributed by atoms with Gasteiger partial charge in [-0.05, 0) is 49.4 Å². The van der Waals surface area contributed by atoms with Gasteiger partial charge in [0.05, 0.1) is 23.5 Å². The molecule has 2 aliphatic rings. The van der Waals surface area contributed by atoms with Gasteiger partial charge in [0.15, 0.2) is 5.82 Å². The van der Waals surface area contributed by atoms with E-state index in [1.807, 2.05) is 30.3 Å². The number of rotatable bonds is 7. The van der Waals surface area contributed by atoms with Crippen molar-refractivity contribution in [3.8, 4) is 0 Å². The predicted molar refractivity (Wildman–Crippen MR) is 134 cm³/mol. The summed E-state index contributed by atoms with van der Waals surface area (Å²) in [5.74, 6) is 1.88. The molecule has 1 aliphatic carbocycles. The highest BCUT2D eigenvalue weighted by atomic mass is 35.5. The van der Waals surface area contributed by atoms with E-state index >= 15 is 4.39 Å². The minimum Gasteiger partial charge on any atom is -0.501 e. The van der Waals surface area contributed by atoms with Crippen LogP contribution < -0.4 is 5.32 Å². The number of nitrogens with zero attached hydrogens (tertiary/aromatic N) is 3. The molecule has 1 atom stereocenters. The van der Waals surface area contributed by atoms with E-state index in [2.05, 4.69) is 39.4 Å². The number of likely N-dealkylation sites (tertiary alicyclic amines) is 1. The molecule has 0 radical (unpaired) electrons. The zero-order chi connectivity index (χ0) is 23.7. The number of methoxy groups -OCH3 is 1. The summed E-state index contributed by atoms with van der Waals surface area (Å²) in [4.78, 5) is 11.2. The Balaban J connectivity index is 1.37. The van der Waals surface area contributed by atoms with Gasteiger partial charge in [-0.25, -0.2) is 14.4 Å². The minimum atomic E-state index is -0.458. The van der Waals surface area contributed by atoms with Crippen LogP contribution in [-0.2, 0) is 24.0 Å². The van der Waals surface area contributed by atoms with E-state index in [9.17, 15) is 0 Å². The summed E-state index contributed by atoms with van der Waals surface area (Å²) in [6, 6.07) is 13.8. The number of anilines is 2. The Kier molecular flexibility index (Phi) is 6.53. The van der Waals surface area contributed by atoms with Gasteiger partial charge in [-0.1, -0.05) is 48.0 Å². The van der Waals surface area contributed by atoms with Crippen molar-refractivity contribution >= 4 is 29.2 Å². The molecule has 0 spiro atoms. The van der Waals surface area contributed by atoms with E-state index in [0.29, 0.717) is 23.8 Å². The average molecular weight is 479 g/mol. The fourth-order valence-corrected chi connectivity index (χ4v) is 5.22. The molecule has 5 rings (SSSR count). The number of ether oxygens (including phenoxy) is 1. The molecule has 1 aliphatic heterocycles. The minimum absolute atomic E-state index is 0.154. The number of aryl methyl sites for hydroxylation is 2. The normalized spacial score (nSPS) is 18.1. The zero-order valence-corrected chi connectivity index (χ0v) is 20.1. The van der Waals surface area contributed by atoms with E-state index in [1.54, 1.807) is 13.2 Å². The number of aromatic nitrogens is 2. The number of benzene rings is 2. The molecule has 34 heavy (non-hydrogen) atoms. The predicted octanol–water partition coefficient (Wildman–Crippen LogP) is 5.52. The number of nitrogens with one attached hydrogen (secondary N) is 1. The molecule has 1 aromatic heterocycles. The van der Waals surface area contributed by atoms with E-state index in [1.165, 1.54) is 11.9 Å². The van der Waals surface area contributed by atoms with Crippen molar-refractivity contribution in [2.24, 2.45) is 11.8 Å². The number of hydrogen-bond donors (Lipinski definition) is 1. The quantitative estimate of drug-likeness (QED) is 0.484. The summed E-state index contributed by atoms with van der Waals surface area (Å²) in [7, 11) is 3.83. The van der Waals surface area contributed by atoms with Crippen LogP contribution >= 0.6 is 11.6 Å². The van der Waals surface area contributed by atoms with Crippen molar-refractivity contribution in [3.05, 3.63) is 87.8 Å². The number of allylic oxidation sites excluding steroid dienone is 1. The highest BCUT2D eigenvalue weighted by Crippen LogP contribution is 2.39. The van der Waals surface area contributed by atoms with Gasteiger partial charge >= 0.3 is 0 Å². The lowest BCUT2D eigenvalue weighted by atomic mass is 9.77. The topological polar surface area (TPSA) is 50.3 Å².